The first kappa shape index (κ1) is 33.1. The van der Waals surface area contributed by atoms with Gasteiger partial charge in [0, 0.05) is 19.7 Å². The van der Waals surface area contributed by atoms with E-state index in [-0.39, 0.29) is 36.0 Å². The Bertz CT molecular complexity index is 1960. The lowest BCUT2D eigenvalue weighted by Crippen LogP contribution is -2.40. The van der Waals surface area contributed by atoms with E-state index in [2.05, 4.69) is 58.5 Å². The van der Waals surface area contributed by atoms with Crippen LogP contribution in [0.25, 0.3) is 33.6 Å². The number of aromatic amines is 2. The third-order valence-corrected chi connectivity index (χ3v) is 10.7. The van der Waals surface area contributed by atoms with E-state index in [1.54, 1.807) is 0 Å². The molecule has 262 valence electrons. The second kappa shape index (κ2) is 14.3. The van der Waals surface area contributed by atoms with Crippen molar-refractivity contribution < 1.29 is 14.3 Å². The molecule has 0 aliphatic carbocycles. The summed E-state index contributed by atoms with van der Waals surface area (Å²) in [5.74, 6) is 1.88. The highest BCUT2D eigenvalue weighted by atomic mass is 16.5. The van der Waals surface area contributed by atoms with Gasteiger partial charge in [-0.05, 0) is 80.4 Å². The molecule has 2 amide bonds. The molecule has 3 saturated heterocycles. The largest absolute Gasteiger partial charge is 0.368 e. The summed E-state index contributed by atoms with van der Waals surface area (Å²) in [4.78, 5) is 49.4. The number of nitrogens with one attached hydrogen (secondary N) is 2. The highest BCUT2D eigenvalue weighted by Crippen LogP contribution is 2.36. The van der Waals surface area contributed by atoms with Crippen molar-refractivity contribution in [1.82, 2.24) is 34.6 Å². The number of nitrogens with zero attached hydrogens (tertiary/aromatic N) is 5. The highest BCUT2D eigenvalue weighted by Gasteiger charge is 2.38. The lowest BCUT2D eigenvalue weighted by Gasteiger charge is -2.31. The lowest BCUT2D eigenvalue weighted by molar-refractivity contribution is -0.142. The number of likely N-dealkylation sites (N-methyl/N-ethyl adjacent to an activating group) is 1. The first-order chi connectivity index (χ1) is 24.9. The average molecular weight is 684 g/mol. The average Bonchev–Trinajstić information content (AvgIpc) is 4.01. The summed E-state index contributed by atoms with van der Waals surface area (Å²) >= 11 is 0. The monoisotopic (exact) mass is 683 g/mol. The zero-order chi connectivity index (χ0) is 34.9. The number of ether oxygens (including phenoxy) is 1. The molecule has 3 aliphatic heterocycles. The molecule has 4 atom stereocenters. The summed E-state index contributed by atoms with van der Waals surface area (Å²) in [6.45, 7) is 2.14. The summed E-state index contributed by atoms with van der Waals surface area (Å²) in [5.41, 5.74) is 7.21. The van der Waals surface area contributed by atoms with Crippen molar-refractivity contribution in [2.24, 2.45) is 0 Å². The molecule has 0 radical (unpaired) electrons. The number of rotatable bonds is 9. The van der Waals surface area contributed by atoms with E-state index in [1.165, 1.54) is 0 Å². The molecule has 0 spiro atoms. The van der Waals surface area contributed by atoms with Gasteiger partial charge >= 0.3 is 0 Å². The molecule has 1 unspecified atom stereocenters. The van der Waals surface area contributed by atoms with Crippen LogP contribution in [0, 0.1) is 0 Å². The minimum atomic E-state index is -0.337. The maximum absolute atomic E-state index is 13.9. The molecule has 10 nitrogen and oxygen atoms in total. The predicted octanol–water partition coefficient (Wildman–Crippen LogP) is 6.94. The minimum absolute atomic E-state index is 0.0335. The zero-order valence-corrected chi connectivity index (χ0v) is 29.3. The SMILES string of the molecule is CN(C)C(C(=O)N1CCC[C@H]1c1ncc(-c2ccc(-c3ccc(-c4cnc([C@@H]5CCCN5C(=O)[C@@H]5CCCO5)[nH]4)cc3)cc2)[nH]1)c1ccccc1. The number of carbonyl (C=O) groups excluding carboxylic acids is 2. The van der Waals surface area contributed by atoms with E-state index < -0.39 is 0 Å². The fraction of sp³-hybridized carbons (Fsp3) is 0.366. The van der Waals surface area contributed by atoms with Gasteiger partial charge < -0.3 is 24.5 Å². The fourth-order valence-electron chi connectivity index (χ4n) is 8.03. The fourth-order valence-corrected chi connectivity index (χ4v) is 8.03. The number of hydrogen-bond donors (Lipinski definition) is 2. The molecule has 3 aromatic carbocycles. The minimum Gasteiger partial charge on any atom is -0.368 e. The van der Waals surface area contributed by atoms with Crippen molar-refractivity contribution >= 4 is 11.8 Å². The number of aromatic nitrogens is 4. The highest BCUT2D eigenvalue weighted by molar-refractivity contribution is 5.84. The van der Waals surface area contributed by atoms with E-state index in [9.17, 15) is 9.59 Å². The number of imidazole rings is 2. The van der Waals surface area contributed by atoms with Gasteiger partial charge in [-0.2, -0.15) is 0 Å². The van der Waals surface area contributed by atoms with Crippen LogP contribution < -0.4 is 0 Å². The van der Waals surface area contributed by atoms with Crippen LogP contribution in [0.5, 0.6) is 0 Å². The van der Waals surface area contributed by atoms with E-state index >= 15 is 0 Å². The van der Waals surface area contributed by atoms with Crippen molar-refractivity contribution in [3.8, 4) is 33.6 Å². The van der Waals surface area contributed by atoms with Crippen molar-refractivity contribution in [2.45, 2.75) is 62.8 Å². The van der Waals surface area contributed by atoms with Gasteiger partial charge in [-0.25, -0.2) is 9.97 Å². The van der Waals surface area contributed by atoms with Crippen LogP contribution in [0.2, 0.25) is 0 Å². The van der Waals surface area contributed by atoms with Gasteiger partial charge in [0.2, 0.25) is 5.91 Å². The molecule has 8 rings (SSSR count). The van der Waals surface area contributed by atoms with Gasteiger partial charge in [-0.1, -0.05) is 78.9 Å². The van der Waals surface area contributed by atoms with Crippen molar-refractivity contribution in [1.29, 1.82) is 0 Å². The molecule has 51 heavy (non-hydrogen) atoms. The normalized spacial score (nSPS) is 21.1. The van der Waals surface area contributed by atoms with Crippen molar-refractivity contribution in [3.05, 3.63) is 108 Å². The van der Waals surface area contributed by atoms with Crippen LogP contribution in [0.1, 0.15) is 73.9 Å². The Balaban J connectivity index is 0.930. The quantitative estimate of drug-likeness (QED) is 0.174. The van der Waals surface area contributed by atoms with Crippen molar-refractivity contribution in [3.63, 3.8) is 0 Å². The molecule has 5 aromatic rings. The Hall–Kier alpha value is -5.06. The van der Waals surface area contributed by atoms with Gasteiger partial charge in [0.1, 0.15) is 23.8 Å². The molecule has 3 fully saturated rings. The van der Waals surface area contributed by atoms with E-state index in [1.807, 2.05) is 71.5 Å². The Morgan fingerprint density at radius 3 is 1.76 bits per heavy atom. The first-order valence-corrected chi connectivity index (χ1v) is 18.2. The molecule has 5 heterocycles. The maximum atomic E-state index is 13.9. The number of likely N-dealkylation sites (tertiary alicyclic amines) is 2. The number of amides is 2. The smallest absolute Gasteiger partial charge is 0.252 e. The molecule has 2 N–H and O–H groups in total. The Morgan fingerprint density at radius 1 is 0.706 bits per heavy atom. The first-order valence-electron chi connectivity index (χ1n) is 18.2. The number of hydrogen-bond acceptors (Lipinski definition) is 6. The van der Waals surface area contributed by atoms with Crippen molar-refractivity contribution in [2.75, 3.05) is 33.8 Å². The van der Waals surface area contributed by atoms with Gasteiger partial charge in [0.05, 0.1) is 35.9 Å². The Labute approximate surface area is 298 Å². The summed E-state index contributed by atoms with van der Waals surface area (Å²) in [7, 11) is 3.92. The Morgan fingerprint density at radius 2 is 1.24 bits per heavy atom. The molecular formula is C41H45N7O3. The number of carbonyl (C=O) groups is 2. The second-order valence-corrected chi connectivity index (χ2v) is 14.2. The van der Waals surface area contributed by atoms with Gasteiger partial charge in [-0.3, -0.25) is 14.5 Å². The van der Waals surface area contributed by atoms with Crippen LogP contribution in [0.15, 0.2) is 91.3 Å². The second-order valence-electron chi connectivity index (χ2n) is 14.2. The summed E-state index contributed by atoms with van der Waals surface area (Å²) in [5, 5.41) is 0. The summed E-state index contributed by atoms with van der Waals surface area (Å²) in [6, 6.07) is 26.5. The summed E-state index contributed by atoms with van der Waals surface area (Å²) < 4.78 is 5.68. The van der Waals surface area contributed by atoms with Crippen LogP contribution in [-0.4, -0.2) is 86.3 Å². The molecule has 3 aliphatic rings. The van der Waals surface area contributed by atoms with Gasteiger partial charge in [0.15, 0.2) is 0 Å². The van der Waals surface area contributed by atoms with Crippen LogP contribution >= 0.6 is 0 Å². The topological polar surface area (TPSA) is 110 Å². The number of benzene rings is 3. The molecular weight excluding hydrogens is 638 g/mol. The standard InChI is InChI=1S/C41H45N7O3/c1-46(2)37(31-9-4-3-5-10-31)41(50)48-23-7-12-35(48)39-43-26-33(45-39)30-20-16-28(17-21-30)27-14-18-29(19-15-27)32-25-42-38(44-32)34-11-6-22-47(34)40(49)36-13-8-24-51-36/h3-5,9-10,14-21,25-26,34-37H,6-8,11-13,22-24H2,1-2H3,(H,42,44)(H,43,45)/t34-,35-,36-,37?/m0/s1. The third-order valence-electron chi connectivity index (χ3n) is 10.7. The molecule has 0 saturated carbocycles. The maximum Gasteiger partial charge on any atom is 0.252 e. The zero-order valence-electron chi connectivity index (χ0n) is 29.3. The van der Waals surface area contributed by atoms with Gasteiger partial charge in [-0.15, -0.1) is 0 Å². The van der Waals surface area contributed by atoms with Crippen LogP contribution in [0.4, 0.5) is 0 Å². The third kappa shape index (κ3) is 6.61. The van der Waals surface area contributed by atoms with Gasteiger partial charge in [0.25, 0.3) is 5.91 Å². The van der Waals surface area contributed by atoms with E-state index in [4.69, 9.17) is 14.7 Å². The van der Waals surface area contributed by atoms with E-state index in [0.29, 0.717) is 6.61 Å². The lowest BCUT2D eigenvalue weighted by atomic mass is 10.0. The molecule has 0 bridgehead atoms. The Kier molecular flexibility index (Phi) is 9.27. The van der Waals surface area contributed by atoms with Crippen LogP contribution in [0.3, 0.4) is 0 Å². The van der Waals surface area contributed by atoms with Crippen LogP contribution in [-0.2, 0) is 14.3 Å². The molecule has 2 aromatic heterocycles. The number of H-pyrrole nitrogens is 2. The molecule has 10 heteroatoms. The summed E-state index contributed by atoms with van der Waals surface area (Å²) in [6.07, 6.45) is 8.91. The predicted molar refractivity (Wildman–Crippen MR) is 196 cm³/mol. The van der Waals surface area contributed by atoms with E-state index in [0.717, 1.165) is 102 Å².